The first-order chi connectivity index (χ1) is 15.1. The van der Waals surface area contributed by atoms with E-state index in [2.05, 4.69) is 25.5 Å². The molecule has 9 nitrogen and oxygen atoms in total. The average molecular weight is 446 g/mol. The zero-order valence-electron chi connectivity index (χ0n) is 17.7. The Bertz CT molecular complexity index is 912. The van der Waals surface area contributed by atoms with Crippen LogP contribution in [-0.4, -0.2) is 61.4 Å². The number of methoxy groups -OCH3 is 2. The van der Waals surface area contributed by atoms with Crippen LogP contribution in [0, 0.1) is 0 Å². The first-order valence-corrected chi connectivity index (χ1v) is 10.7. The second kappa shape index (κ2) is 9.63. The summed E-state index contributed by atoms with van der Waals surface area (Å²) in [4.78, 5) is 10.9. The lowest BCUT2D eigenvalue weighted by atomic mass is 10.0. The summed E-state index contributed by atoms with van der Waals surface area (Å²) in [5.41, 5.74) is 1.46. The predicted molar refractivity (Wildman–Crippen MR) is 122 cm³/mol. The fourth-order valence-corrected chi connectivity index (χ4v) is 4.03. The Morgan fingerprint density at radius 2 is 1.84 bits per heavy atom. The van der Waals surface area contributed by atoms with Crippen molar-refractivity contribution in [2.24, 2.45) is 0 Å². The molecule has 166 valence electrons. The van der Waals surface area contributed by atoms with Crippen LogP contribution in [0.2, 0.25) is 0 Å². The molecule has 0 atom stereocenters. The molecule has 2 fully saturated rings. The van der Waals surface area contributed by atoms with Gasteiger partial charge in [-0.1, -0.05) is 0 Å². The SMILES string of the molecule is COc1ccc(NC(=S)Nc2cncnc2N2CCC3(CC2)OCCCO3)c(OC)c1. The Kier molecular flexibility index (Phi) is 6.69. The number of nitrogens with one attached hydrogen (secondary N) is 2. The Balaban J connectivity index is 1.43. The molecule has 2 N–H and O–H groups in total. The maximum absolute atomic E-state index is 5.94. The van der Waals surface area contributed by atoms with E-state index in [1.807, 2.05) is 12.1 Å². The normalized spacial score (nSPS) is 17.8. The summed E-state index contributed by atoms with van der Waals surface area (Å²) in [5.74, 6) is 1.68. The number of nitrogens with zero attached hydrogens (tertiary/aromatic N) is 3. The second-order valence-corrected chi connectivity index (χ2v) is 7.76. The van der Waals surface area contributed by atoms with E-state index in [-0.39, 0.29) is 0 Å². The highest BCUT2D eigenvalue weighted by atomic mass is 32.1. The van der Waals surface area contributed by atoms with Crippen LogP contribution >= 0.6 is 12.2 Å². The van der Waals surface area contributed by atoms with Gasteiger partial charge in [0.15, 0.2) is 16.7 Å². The highest BCUT2D eigenvalue weighted by molar-refractivity contribution is 7.80. The van der Waals surface area contributed by atoms with Gasteiger partial charge < -0.3 is 34.5 Å². The lowest BCUT2D eigenvalue weighted by Gasteiger charge is -2.43. The van der Waals surface area contributed by atoms with Crippen molar-refractivity contribution in [3.05, 3.63) is 30.7 Å². The van der Waals surface area contributed by atoms with Crippen LogP contribution in [0.25, 0.3) is 0 Å². The first-order valence-electron chi connectivity index (χ1n) is 10.3. The predicted octanol–water partition coefficient (Wildman–Crippen LogP) is 3.04. The maximum Gasteiger partial charge on any atom is 0.175 e. The summed E-state index contributed by atoms with van der Waals surface area (Å²) >= 11 is 5.52. The number of thiocarbonyl (C=S) groups is 1. The molecule has 2 aliphatic heterocycles. The van der Waals surface area contributed by atoms with Gasteiger partial charge in [0, 0.05) is 32.0 Å². The van der Waals surface area contributed by atoms with Crippen LogP contribution in [-0.2, 0) is 9.47 Å². The van der Waals surface area contributed by atoms with E-state index in [0.717, 1.165) is 62.8 Å². The number of piperidine rings is 1. The molecule has 2 aliphatic rings. The Labute approximate surface area is 187 Å². The number of anilines is 3. The molecule has 4 rings (SSSR count). The average Bonchev–Trinajstić information content (AvgIpc) is 2.81. The van der Waals surface area contributed by atoms with Gasteiger partial charge in [-0.05, 0) is 30.8 Å². The summed E-state index contributed by atoms with van der Waals surface area (Å²) < 4.78 is 22.5. The van der Waals surface area contributed by atoms with Gasteiger partial charge in [0.25, 0.3) is 0 Å². The zero-order valence-corrected chi connectivity index (χ0v) is 18.5. The number of ether oxygens (including phenoxy) is 4. The van der Waals surface area contributed by atoms with Crippen LogP contribution in [0.3, 0.4) is 0 Å². The van der Waals surface area contributed by atoms with Crippen molar-refractivity contribution in [3.63, 3.8) is 0 Å². The Hall–Kier alpha value is -2.69. The van der Waals surface area contributed by atoms with E-state index >= 15 is 0 Å². The lowest BCUT2D eigenvalue weighted by molar-refractivity contribution is -0.275. The Morgan fingerprint density at radius 1 is 1.10 bits per heavy atom. The van der Waals surface area contributed by atoms with Crippen molar-refractivity contribution >= 4 is 34.5 Å². The molecule has 3 heterocycles. The van der Waals surface area contributed by atoms with Gasteiger partial charge in [0.05, 0.1) is 39.3 Å². The van der Waals surface area contributed by atoms with Crippen molar-refractivity contribution in [1.29, 1.82) is 0 Å². The number of aromatic nitrogens is 2. The summed E-state index contributed by atoms with van der Waals surface area (Å²) in [7, 11) is 3.21. The van der Waals surface area contributed by atoms with Crippen LogP contribution in [0.1, 0.15) is 19.3 Å². The fraction of sp³-hybridized carbons (Fsp3) is 0.476. The molecule has 1 spiro atoms. The van der Waals surface area contributed by atoms with Gasteiger partial charge in [-0.15, -0.1) is 0 Å². The maximum atomic E-state index is 5.94. The molecular formula is C21H27N5O4S. The number of rotatable bonds is 5. The monoisotopic (exact) mass is 445 g/mol. The molecule has 2 aromatic rings. The van der Waals surface area contributed by atoms with Gasteiger partial charge in [-0.25, -0.2) is 9.97 Å². The van der Waals surface area contributed by atoms with Crippen molar-refractivity contribution in [1.82, 2.24) is 9.97 Å². The molecule has 1 aromatic heterocycles. The van der Waals surface area contributed by atoms with E-state index < -0.39 is 5.79 Å². The summed E-state index contributed by atoms with van der Waals surface area (Å²) in [6, 6.07) is 5.48. The summed E-state index contributed by atoms with van der Waals surface area (Å²) in [5, 5.41) is 6.78. The molecule has 0 radical (unpaired) electrons. The van der Waals surface area contributed by atoms with Gasteiger partial charge in [-0.3, -0.25) is 0 Å². The third-order valence-electron chi connectivity index (χ3n) is 5.44. The van der Waals surface area contributed by atoms with E-state index in [1.54, 1.807) is 32.8 Å². The van der Waals surface area contributed by atoms with E-state index in [0.29, 0.717) is 16.6 Å². The van der Waals surface area contributed by atoms with Gasteiger partial charge in [0.1, 0.15) is 23.5 Å². The van der Waals surface area contributed by atoms with Gasteiger partial charge in [-0.2, -0.15) is 0 Å². The van der Waals surface area contributed by atoms with E-state index in [1.165, 1.54) is 0 Å². The van der Waals surface area contributed by atoms with Crippen molar-refractivity contribution in [3.8, 4) is 11.5 Å². The third kappa shape index (κ3) is 4.97. The van der Waals surface area contributed by atoms with Crippen LogP contribution in [0.4, 0.5) is 17.2 Å². The fourth-order valence-electron chi connectivity index (χ4n) is 3.81. The van der Waals surface area contributed by atoms with E-state index in [9.17, 15) is 0 Å². The number of benzene rings is 1. The summed E-state index contributed by atoms with van der Waals surface area (Å²) in [6.45, 7) is 3.07. The minimum atomic E-state index is -0.447. The topological polar surface area (TPSA) is 90.0 Å². The molecule has 0 aliphatic carbocycles. The smallest absolute Gasteiger partial charge is 0.175 e. The first kappa shape index (κ1) is 21.5. The minimum Gasteiger partial charge on any atom is -0.497 e. The van der Waals surface area contributed by atoms with Gasteiger partial charge in [0.2, 0.25) is 0 Å². The van der Waals surface area contributed by atoms with Crippen LogP contribution in [0.5, 0.6) is 11.5 Å². The quantitative estimate of drug-likeness (QED) is 0.669. The lowest BCUT2D eigenvalue weighted by Crippen LogP contribution is -2.50. The van der Waals surface area contributed by atoms with Crippen LogP contribution < -0.4 is 25.0 Å². The highest BCUT2D eigenvalue weighted by Crippen LogP contribution is 2.34. The van der Waals surface area contributed by atoms with Crippen molar-refractivity contribution in [2.75, 3.05) is 56.1 Å². The molecule has 0 amide bonds. The van der Waals surface area contributed by atoms with E-state index in [4.69, 9.17) is 31.2 Å². The van der Waals surface area contributed by atoms with Crippen molar-refractivity contribution in [2.45, 2.75) is 25.0 Å². The van der Waals surface area contributed by atoms with Crippen LogP contribution in [0.15, 0.2) is 30.7 Å². The summed E-state index contributed by atoms with van der Waals surface area (Å²) in [6.07, 6.45) is 5.81. The highest BCUT2D eigenvalue weighted by Gasteiger charge is 2.39. The Morgan fingerprint density at radius 3 is 2.55 bits per heavy atom. The number of hydrogen-bond acceptors (Lipinski definition) is 8. The van der Waals surface area contributed by atoms with Gasteiger partial charge >= 0.3 is 0 Å². The molecule has 0 unspecified atom stereocenters. The molecule has 1 aromatic carbocycles. The zero-order chi connectivity index (χ0) is 21.7. The molecule has 10 heteroatoms. The van der Waals surface area contributed by atoms with Crippen molar-refractivity contribution < 1.29 is 18.9 Å². The standard InChI is InChI=1S/C21H27N5O4S/c1-27-15-4-5-16(18(12-15)28-2)24-20(31)25-17-13-22-14-23-19(17)26-8-6-21(7-9-26)29-10-3-11-30-21/h4-5,12-14H,3,6-11H2,1-2H3,(H2,24,25,31). The molecular weight excluding hydrogens is 418 g/mol. The molecule has 0 bridgehead atoms. The molecule has 0 saturated carbocycles. The second-order valence-electron chi connectivity index (χ2n) is 7.35. The number of hydrogen-bond donors (Lipinski definition) is 2. The molecule has 2 saturated heterocycles. The minimum absolute atomic E-state index is 0.409. The molecule has 31 heavy (non-hydrogen) atoms. The largest absolute Gasteiger partial charge is 0.497 e. The third-order valence-corrected chi connectivity index (χ3v) is 5.64.